The molecule has 0 bridgehead atoms. The quantitative estimate of drug-likeness (QED) is 0.471. The van der Waals surface area contributed by atoms with Gasteiger partial charge in [-0.25, -0.2) is 9.98 Å². The van der Waals surface area contributed by atoms with E-state index in [1.807, 2.05) is 0 Å². The molecule has 1 aliphatic carbocycles. The Morgan fingerprint density at radius 2 is 1.46 bits per heavy atom. The van der Waals surface area contributed by atoms with E-state index >= 15 is 0 Å². The second-order valence-electron chi connectivity index (χ2n) is 5.25. The SMILES string of the molecule is O=C1C(c2nc3cc(=O)c(=O)cc-3c2=O)=Nc2cc(O)c(O)cc21. The van der Waals surface area contributed by atoms with E-state index in [2.05, 4.69) is 9.98 Å². The van der Waals surface area contributed by atoms with Gasteiger partial charge in [-0.3, -0.25) is 19.2 Å². The maximum absolute atomic E-state index is 12.4. The van der Waals surface area contributed by atoms with Crippen molar-refractivity contribution in [2.24, 2.45) is 4.99 Å². The molecule has 1 aromatic carbocycles. The zero-order valence-electron chi connectivity index (χ0n) is 11.7. The molecule has 0 saturated heterocycles. The van der Waals surface area contributed by atoms with Crippen LogP contribution in [-0.4, -0.2) is 26.7 Å². The Bertz CT molecular complexity index is 1200. The molecule has 8 nitrogen and oxygen atoms in total. The van der Waals surface area contributed by atoms with Crippen LogP contribution in [0.15, 0.2) is 43.6 Å². The lowest BCUT2D eigenvalue weighted by Gasteiger charge is -1.99. The third-order valence-electron chi connectivity index (χ3n) is 3.76. The van der Waals surface area contributed by atoms with Gasteiger partial charge in [0.15, 0.2) is 11.5 Å². The largest absolute Gasteiger partial charge is 0.504 e. The first-order valence-electron chi connectivity index (χ1n) is 6.72. The fourth-order valence-electron chi connectivity index (χ4n) is 2.58. The van der Waals surface area contributed by atoms with Crippen molar-refractivity contribution in [3.05, 3.63) is 66.2 Å². The van der Waals surface area contributed by atoms with Crippen LogP contribution in [0.1, 0.15) is 16.1 Å². The summed E-state index contributed by atoms with van der Waals surface area (Å²) in [5.41, 5.74) is -2.82. The van der Waals surface area contributed by atoms with Crippen LogP contribution >= 0.6 is 0 Å². The Morgan fingerprint density at radius 1 is 0.792 bits per heavy atom. The van der Waals surface area contributed by atoms with Crippen molar-refractivity contribution >= 4 is 17.2 Å². The first-order valence-corrected chi connectivity index (χ1v) is 6.72. The molecule has 0 unspecified atom stereocenters. The van der Waals surface area contributed by atoms with Gasteiger partial charge in [0.2, 0.25) is 22.1 Å². The molecular weight excluding hydrogens is 316 g/mol. The van der Waals surface area contributed by atoms with Crippen LogP contribution in [0.25, 0.3) is 11.3 Å². The van der Waals surface area contributed by atoms with Gasteiger partial charge in [-0.2, -0.15) is 0 Å². The lowest BCUT2D eigenvalue weighted by Crippen LogP contribution is -2.23. The maximum atomic E-state index is 12.4. The standard InChI is InChI=1S/C16H6N2O6/c19-9-1-5-7(3-11(9)21)17-13(15(5)23)14-16(24)6-2-10(20)12(22)4-8(6)18-14/h1-4,19,21H. The summed E-state index contributed by atoms with van der Waals surface area (Å²) < 4.78 is 0. The number of carbonyl (C=O) groups is 1. The molecule has 2 heterocycles. The minimum atomic E-state index is -0.837. The van der Waals surface area contributed by atoms with E-state index in [0.29, 0.717) is 0 Å². The summed E-state index contributed by atoms with van der Waals surface area (Å²) in [5, 5.41) is 19.0. The predicted octanol–water partition coefficient (Wildman–Crippen LogP) is -0.129. The van der Waals surface area contributed by atoms with Gasteiger partial charge in [-0.1, -0.05) is 0 Å². The van der Waals surface area contributed by atoms with Gasteiger partial charge in [0.1, 0.15) is 11.4 Å². The highest BCUT2D eigenvalue weighted by atomic mass is 16.3. The summed E-state index contributed by atoms with van der Waals surface area (Å²) >= 11 is 0. The van der Waals surface area contributed by atoms with E-state index in [1.165, 1.54) is 0 Å². The number of Topliss-reactive ketones (excluding diaryl/α,β-unsaturated/α-hetero) is 1. The van der Waals surface area contributed by atoms with Crippen molar-refractivity contribution in [2.45, 2.75) is 0 Å². The van der Waals surface area contributed by atoms with Gasteiger partial charge >= 0.3 is 0 Å². The Labute approximate surface area is 132 Å². The number of carbonyl (C=O) groups excluding carboxylic acids is 1. The van der Waals surface area contributed by atoms with Gasteiger partial charge in [0, 0.05) is 18.2 Å². The molecule has 116 valence electrons. The summed E-state index contributed by atoms with van der Waals surface area (Å²) in [4.78, 5) is 55.5. The molecule has 0 fully saturated rings. The molecule has 0 saturated carbocycles. The Hall–Kier alpha value is -3.68. The molecule has 0 aromatic heterocycles. The van der Waals surface area contributed by atoms with Crippen molar-refractivity contribution in [1.82, 2.24) is 4.98 Å². The second kappa shape index (κ2) is 4.42. The minimum Gasteiger partial charge on any atom is -0.504 e. The van der Waals surface area contributed by atoms with Crippen LogP contribution in [0, 0.1) is 0 Å². The molecule has 0 radical (unpaired) electrons. The predicted molar refractivity (Wildman–Crippen MR) is 82.3 cm³/mol. The number of aromatic nitrogens is 1. The van der Waals surface area contributed by atoms with Crippen molar-refractivity contribution in [1.29, 1.82) is 0 Å². The number of fused-ring (bicyclic) bond motifs is 2. The summed E-state index contributed by atoms with van der Waals surface area (Å²) in [6, 6.07) is 3.96. The molecular formula is C16H6N2O6. The van der Waals surface area contributed by atoms with E-state index in [9.17, 15) is 29.4 Å². The molecule has 2 N–H and O–H groups in total. The van der Waals surface area contributed by atoms with Gasteiger partial charge < -0.3 is 10.2 Å². The first kappa shape index (κ1) is 13.9. The summed E-state index contributed by atoms with van der Waals surface area (Å²) in [7, 11) is 0. The van der Waals surface area contributed by atoms with Crippen LogP contribution in [-0.2, 0) is 0 Å². The number of nitrogens with zero attached hydrogens (tertiary/aromatic N) is 2. The summed E-state index contributed by atoms with van der Waals surface area (Å²) in [5.74, 6) is -1.60. The normalized spacial score (nSPS) is 13.3. The van der Waals surface area contributed by atoms with E-state index < -0.39 is 33.6 Å². The number of phenols is 2. The topological polar surface area (TPSA) is 134 Å². The van der Waals surface area contributed by atoms with Crippen LogP contribution in [0.4, 0.5) is 5.69 Å². The van der Waals surface area contributed by atoms with Gasteiger partial charge in [0.05, 0.1) is 22.5 Å². The third kappa shape index (κ3) is 1.73. The lowest BCUT2D eigenvalue weighted by atomic mass is 10.1. The van der Waals surface area contributed by atoms with E-state index in [-0.39, 0.29) is 33.9 Å². The van der Waals surface area contributed by atoms with Crippen LogP contribution in [0.5, 0.6) is 11.5 Å². The molecule has 0 spiro atoms. The Morgan fingerprint density at radius 3 is 2.21 bits per heavy atom. The molecule has 2 aliphatic heterocycles. The lowest BCUT2D eigenvalue weighted by molar-refractivity contribution is 0.106. The number of phenolic OH excluding ortho intramolecular Hbond substituents is 2. The smallest absolute Gasteiger partial charge is 0.227 e. The average Bonchev–Trinajstić information content (AvgIpc) is 3.00. The number of hydrogen-bond donors (Lipinski definition) is 2. The number of hydrogen-bond acceptors (Lipinski definition) is 8. The molecule has 0 amide bonds. The maximum Gasteiger partial charge on any atom is 0.227 e. The number of benzene rings is 2. The fraction of sp³-hybridized carbons (Fsp3) is 0. The zero-order chi connectivity index (χ0) is 17.2. The Balaban J connectivity index is 1.96. The molecule has 8 heteroatoms. The van der Waals surface area contributed by atoms with Gasteiger partial charge in [0.25, 0.3) is 0 Å². The Kier molecular flexibility index (Phi) is 2.57. The van der Waals surface area contributed by atoms with Crippen molar-refractivity contribution in [3.63, 3.8) is 0 Å². The number of ketones is 1. The van der Waals surface area contributed by atoms with Crippen LogP contribution in [0.3, 0.4) is 0 Å². The molecule has 0 atom stereocenters. The van der Waals surface area contributed by atoms with Crippen LogP contribution < -0.4 is 16.3 Å². The zero-order valence-corrected chi connectivity index (χ0v) is 11.7. The summed E-state index contributed by atoms with van der Waals surface area (Å²) in [6.07, 6.45) is 0. The van der Waals surface area contributed by atoms with E-state index in [1.54, 1.807) is 0 Å². The van der Waals surface area contributed by atoms with Crippen molar-refractivity contribution in [2.75, 3.05) is 0 Å². The number of aromatic hydroxyl groups is 2. The highest BCUT2D eigenvalue weighted by Crippen LogP contribution is 2.37. The highest BCUT2D eigenvalue weighted by Gasteiger charge is 2.32. The summed E-state index contributed by atoms with van der Waals surface area (Å²) in [6.45, 7) is 0. The van der Waals surface area contributed by atoms with Crippen molar-refractivity contribution in [3.8, 4) is 22.8 Å². The minimum absolute atomic E-state index is 0.0109. The average molecular weight is 322 g/mol. The second-order valence-corrected chi connectivity index (χ2v) is 5.25. The molecule has 24 heavy (non-hydrogen) atoms. The number of aliphatic imine (C=N–C) groups is 1. The number of rotatable bonds is 1. The molecule has 1 aromatic rings. The van der Waals surface area contributed by atoms with Crippen molar-refractivity contribution < 1.29 is 15.0 Å². The highest BCUT2D eigenvalue weighted by molar-refractivity contribution is 6.54. The van der Waals surface area contributed by atoms with Gasteiger partial charge in [-0.05, 0) is 6.07 Å². The monoisotopic (exact) mass is 322 g/mol. The molecule has 3 aliphatic rings. The van der Waals surface area contributed by atoms with E-state index in [0.717, 1.165) is 24.3 Å². The van der Waals surface area contributed by atoms with E-state index in [4.69, 9.17) is 0 Å². The fourth-order valence-corrected chi connectivity index (χ4v) is 2.58. The van der Waals surface area contributed by atoms with Gasteiger partial charge in [-0.15, -0.1) is 0 Å². The third-order valence-corrected chi connectivity index (χ3v) is 3.76. The first-order chi connectivity index (χ1) is 11.4. The van der Waals surface area contributed by atoms with Crippen LogP contribution in [0.2, 0.25) is 0 Å². The molecule has 4 rings (SSSR count).